The molecule has 0 amide bonds. The van der Waals surface area contributed by atoms with Gasteiger partial charge in [-0.1, -0.05) is 12.1 Å². The number of benzene rings is 2. The van der Waals surface area contributed by atoms with Gasteiger partial charge in [0.1, 0.15) is 5.76 Å². The summed E-state index contributed by atoms with van der Waals surface area (Å²) in [6.45, 7) is 0. The maximum absolute atomic E-state index is 8.80. The molecule has 3 heteroatoms. The van der Waals surface area contributed by atoms with Gasteiger partial charge < -0.3 is 4.42 Å². The second kappa shape index (κ2) is 5.36. The van der Waals surface area contributed by atoms with E-state index in [4.69, 9.17) is 14.9 Å². The fourth-order valence-electron chi connectivity index (χ4n) is 2.09. The molecule has 0 radical (unpaired) electrons. The first-order valence-electron chi connectivity index (χ1n) is 6.40. The Morgan fingerprint density at radius 1 is 0.667 bits per heavy atom. The molecule has 0 spiro atoms. The lowest BCUT2D eigenvalue weighted by atomic mass is 10.1. The molecule has 1 aromatic heterocycles. The van der Waals surface area contributed by atoms with Crippen LogP contribution in [-0.2, 0) is 0 Å². The second-order valence-corrected chi connectivity index (χ2v) is 4.58. The molecule has 1 heterocycles. The van der Waals surface area contributed by atoms with Crippen molar-refractivity contribution in [2.24, 2.45) is 0 Å². The van der Waals surface area contributed by atoms with Crippen LogP contribution in [0.1, 0.15) is 11.1 Å². The summed E-state index contributed by atoms with van der Waals surface area (Å²) in [6.07, 6.45) is 1.69. The van der Waals surface area contributed by atoms with Crippen molar-refractivity contribution in [3.05, 3.63) is 72.0 Å². The standard InChI is InChI=1S/C18H10N2O/c19-10-13-1-5-15(6-2-13)17-9-18(21-12-17)16-7-3-14(11-20)4-8-16/h1-9,12H. The van der Waals surface area contributed by atoms with E-state index in [-0.39, 0.29) is 0 Å². The minimum absolute atomic E-state index is 0.623. The molecular formula is C18H10N2O. The molecule has 0 aliphatic heterocycles. The highest BCUT2D eigenvalue weighted by Crippen LogP contribution is 2.28. The lowest BCUT2D eigenvalue weighted by Crippen LogP contribution is -1.77. The normalized spacial score (nSPS) is 9.81. The largest absolute Gasteiger partial charge is 0.464 e. The van der Waals surface area contributed by atoms with E-state index in [0.29, 0.717) is 11.1 Å². The van der Waals surface area contributed by atoms with Crippen molar-refractivity contribution in [2.45, 2.75) is 0 Å². The smallest absolute Gasteiger partial charge is 0.134 e. The Labute approximate surface area is 122 Å². The molecule has 0 unspecified atom stereocenters. The Morgan fingerprint density at radius 2 is 1.19 bits per heavy atom. The van der Waals surface area contributed by atoms with Gasteiger partial charge in [-0.2, -0.15) is 10.5 Å². The number of furan rings is 1. The highest BCUT2D eigenvalue weighted by molar-refractivity contribution is 5.70. The van der Waals surface area contributed by atoms with Gasteiger partial charge in [0, 0.05) is 11.1 Å². The zero-order chi connectivity index (χ0) is 14.7. The van der Waals surface area contributed by atoms with Gasteiger partial charge in [-0.05, 0) is 48.0 Å². The predicted octanol–water partition coefficient (Wildman–Crippen LogP) is 4.36. The zero-order valence-electron chi connectivity index (χ0n) is 11.1. The van der Waals surface area contributed by atoms with E-state index in [0.717, 1.165) is 22.5 Å². The minimum Gasteiger partial charge on any atom is -0.464 e. The summed E-state index contributed by atoms with van der Waals surface area (Å²) >= 11 is 0. The van der Waals surface area contributed by atoms with Gasteiger partial charge in [-0.15, -0.1) is 0 Å². The molecule has 3 rings (SSSR count). The summed E-state index contributed by atoms with van der Waals surface area (Å²) in [6, 6.07) is 20.7. The summed E-state index contributed by atoms with van der Waals surface area (Å²) < 4.78 is 5.59. The molecule has 98 valence electrons. The first-order valence-corrected chi connectivity index (χ1v) is 6.40. The van der Waals surface area contributed by atoms with E-state index < -0.39 is 0 Å². The lowest BCUT2D eigenvalue weighted by molar-refractivity contribution is 0.583. The van der Waals surface area contributed by atoms with Gasteiger partial charge in [0.15, 0.2) is 0 Å². The van der Waals surface area contributed by atoms with E-state index >= 15 is 0 Å². The summed E-state index contributed by atoms with van der Waals surface area (Å²) in [5.74, 6) is 0.749. The van der Waals surface area contributed by atoms with Crippen molar-refractivity contribution in [1.82, 2.24) is 0 Å². The third-order valence-corrected chi connectivity index (χ3v) is 3.25. The van der Waals surface area contributed by atoms with Crippen LogP contribution in [-0.4, -0.2) is 0 Å². The molecule has 0 saturated carbocycles. The molecule has 0 atom stereocenters. The monoisotopic (exact) mass is 270 g/mol. The Balaban J connectivity index is 1.92. The van der Waals surface area contributed by atoms with Crippen LogP contribution in [0, 0.1) is 22.7 Å². The molecule has 0 N–H and O–H groups in total. The number of nitriles is 2. The first kappa shape index (κ1) is 12.7. The zero-order valence-corrected chi connectivity index (χ0v) is 11.1. The van der Waals surface area contributed by atoms with E-state index in [1.807, 2.05) is 30.3 Å². The number of rotatable bonds is 2. The molecule has 0 aliphatic rings. The van der Waals surface area contributed by atoms with Crippen molar-refractivity contribution in [3.63, 3.8) is 0 Å². The van der Waals surface area contributed by atoms with Crippen molar-refractivity contribution in [1.29, 1.82) is 10.5 Å². The average Bonchev–Trinajstić information content (AvgIpc) is 3.05. The van der Waals surface area contributed by atoms with Crippen LogP contribution in [0.25, 0.3) is 22.5 Å². The molecule has 0 aliphatic carbocycles. The van der Waals surface area contributed by atoms with Crippen LogP contribution < -0.4 is 0 Å². The summed E-state index contributed by atoms with van der Waals surface area (Å²) in [5, 5.41) is 17.6. The number of hydrogen-bond donors (Lipinski definition) is 0. The SMILES string of the molecule is N#Cc1ccc(-c2coc(-c3ccc(C#N)cc3)c2)cc1. The highest BCUT2D eigenvalue weighted by atomic mass is 16.3. The van der Waals surface area contributed by atoms with Crippen LogP contribution >= 0.6 is 0 Å². The van der Waals surface area contributed by atoms with E-state index in [1.54, 1.807) is 30.5 Å². The molecular weight excluding hydrogens is 260 g/mol. The average molecular weight is 270 g/mol. The third-order valence-electron chi connectivity index (χ3n) is 3.25. The fourth-order valence-corrected chi connectivity index (χ4v) is 2.09. The lowest BCUT2D eigenvalue weighted by Gasteiger charge is -1.96. The van der Waals surface area contributed by atoms with Crippen LogP contribution in [0.2, 0.25) is 0 Å². The first-order chi connectivity index (χ1) is 10.3. The molecule has 3 nitrogen and oxygen atoms in total. The topological polar surface area (TPSA) is 60.7 Å². The number of nitrogens with zero attached hydrogens (tertiary/aromatic N) is 2. The van der Waals surface area contributed by atoms with Gasteiger partial charge in [-0.25, -0.2) is 0 Å². The predicted molar refractivity (Wildman–Crippen MR) is 79.0 cm³/mol. The van der Waals surface area contributed by atoms with Crippen molar-refractivity contribution >= 4 is 0 Å². The molecule has 3 aromatic rings. The maximum atomic E-state index is 8.80. The Bertz CT molecular complexity index is 772. The van der Waals surface area contributed by atoms with E-state index in [2.05, 4.69) is 12.1 Å². The molecule has 0 bridgehead atoms. The summed E-state index contributed by atoms with van der Waals surface area (Å²) in [4.78, 5) is 0. The molecule has 2 aromatic carbocycles. The second-order valence-electron chi connectivity index (χ2n) is 4.58. The highest BCUT2D eigenvalue weighted by Gasteiger charge is 2.06. The van der Waals surface area contributed by atoms with Gasteiger partial charge in [0.2, 0.25) is 0 Å². The van der Waals surface area contributed by atoms with Crippen molar-refractivity contribution in [2.75, 3.05) is 0 Å². The quantitative estimate of drug-likeness (QED) is 0.695. The molecule has 0 fully saturated rings. The summed E-state index contributed by atoms with van der Waals surface area (Å²) in [5.41, 5.74) is 4.14. The van der Waals surface area contributed by atoms with E-state index in [9.17, 15) is 0 Å². The Hall–Kier alpha value is -3.30. The van der Waals surface area contributed by atoms with E-state index in [1.165, 1.54) is 0 Å². The van der Waals surface area contributed by atoms with Gasteiger partial charge in [0.05, 0.1) is 29.5 Å². The fraction of sp³-hybridized carbons (Fsp3) is 0. The molecule has 0 saturated heterocycles. The van der Waals surface area contributed by atoms with Crippen LogP contribution in [0.3, 0.4) is 0 Å². The van der Waals surface area contributed by atoms with Gasteiger partial charge in [0.25, 0.3) is 0 Å². The Morgan fingerprint density at radius 3 is 1.71 bits per heavy atom. The van der Waals surface area contributed by atoms with Gasteiger partial charge >= 0.3 is 0 Å². The van der Waals surface area contributed by atoms with Crippen LogP contribution in [0.15, 0.2) is 65.3 Å². The van der Waals surface area contributed by atoms with Crippen LogP contribution in [0.4, 0.5) is 0 Å². The third kappa shape index (κ3) is 2.54. The maximum Gasteiger partial charge on any atom is 0.134 e. The minimum atomic E-state index is 0.623. The number of hydrogen-bond acceptors (Lipinski definition) is 3. The summed E-state index contributed by atoms with van der Waals surface area (Å²) in [7, 11) is 0. The van der Waals surface area contributed by atoms with Crippen molar-refractivity contribution in [3.8, 4) is 34.6 Å². The van der Waals surface area contributed by atoms with Gasteiger partial charge in [-0.3, -0.25) is 0 Å². The van der Waals surface area contributed by atoms with Crippen molar-refractivity contribution < 1.29 is 4.42 Å². The Kier molecular flexibility index (Phi) is 3.25. The molecule has 21 heavy (non-hydrogen) atoms. The van der Waals surface area contributed by atoms with Crippen LogP contribution in [0.5, 0.6) is 0 Å².